The van der Waals surface area contributed by atoms with Crippen molar-refractivity contribution in [3.8, 4) is 0 Å². The molecule has 2 aromatic carbocycles. The van der Waals surface area contributed by atoms with Crippen LogP contribution in [0.4, 0.5) is 5.69 Å². The largest absolute Gasteiger partial charge is 0.422 e. The van der Waals surface area contributed by atoms with E-state index in [-0.39, 0.29) is 22.0 Å². The molecule has 0 N–H and O–H groups in total. The molecule has 0 fully saturated rings. The van der Waals surface area contributed by atoms with E-state index in [1.165, 1.54) is 29.5 Å². The maximum Gasteiger partial charge on any atom is 0.347 e. The molecule has 0 aliphatic carbocycles. The Hall–Kier alpha value is -2.97. The number of hydrogen-bond acceptors (Lipinski definition) is 6. The zero-order valence-electron chi connectivity index (χ0n) is 22.1. The first-order chi connectivity index (χ1) is 18.4. The van der Waals surface area contributed by atoms with Crippen LogP contribution in [-0.2, 0) is 10.8 Å². The van der Waals surface area contributed by atoms with E-state index in [0.717, 1.165) is 41.4 Å². The summed E-state index contributed by atoms with van der Waals surface area (Å²) in [5, 5.41) is 1.43. The van der Waals surface area contributed by atoms with Gasteiger partial charge in [0, 0.05) is 39.6 Å². The molecule has 200 valence electrons. The quantitative estimate of drug-likeness (QED) is 0.130. The molecule has 6 nitrogen and oxygen atoms in total. The van der Waals surface area contributed by atoms with E-state index in [2.05, 4.69) is 70.5 Å². The SMILES string of the molecule is CC1(C)CCN2CCC(C)(C)c3c2c1cc1cc(/C=C/C(=O)c2cc4cc(Br)cc(Br)c4oc2=O)c(=O)oc31. The molecule has 8 heteroatoms. The van der Waals surface area contributed by atoms with Gasteiger partial charge in [-0.05, 0) is 87.6 Å². The summed E-state index contributed by atoms with van der Waals surface area (Å²) in [7, 11) is 0. The lowest BCUT2D eigenvalue weighted by Crippen LogP contribution is -2.44. The minimum Gasteiger partial charge on any atom is -0.422 e. The number of anilines is 1. The lowest BCUT2D eigenvalue weighted by Gasteiger charge is -2.48. The van der Waals surface area contributed by atoms with Gasteiger partial charge >= 0.3 is 11.3 Å². The van der Waals surface area contributed by atoms with E-state index in [1.807, 2.05) is 0 Å². The van der Waals surface area contributed by atoms with Gasteiger partial charge in [0.1, 0.15) is 11.1 Å². The molecule has 39 heavy (non-hydrogen) atoms. The Morgan fingerprint density at radius 1 is 0.872 bits per heavy atom. The summed E-state index contributed by atoms with van der Waals surface area (Å²) >= 11 is 6.79. The van der Waals surface area contributed by atoms with Crippen molar-refractivity contribution in [2.45, 2.75) is 51.4 Å². The number of halogens is 2. The highest BCUT2D eigenvalue weighted by atomic mass is 79.9. The Kier molecular flexibility index (Phi) is 6.08. The van der Waals surface area contributed by atoms with E-state index in [1.54, 1.807) is 18.2 Å². The molecule has 0 saturated carbocycles. The lowest BCUT2D eigenvalue weighted by molar-refractivity contribution is 0.104. The third-order valence-corrected chi connectivity index (χ3v) is 9.24. The molecule has 6 rings (SSSR count). The number of carbonyl (C=O) groups excluding carboxylic acids is 1. The van der Waals surface area contributed by atoms with Gasteiger partial charge in [0.2, 0.25) is 0 Å². The van der Waals surface area contributed by atoms with Crippen molar-refractivity contribution < 1.29 is 13.6 Å². The fourth-order valence-electron chi connectivity index (χ4n) is 5.87. The van der Waals surface area contributed by atoms with E-state index in [4.69, 9.17) is 8.83 Å². The molecule has 4 aromatic rings. The van der Waals surface area contributed by atoms with Crippen LogP contribution in [0.5, 0.6) is 0 Å². The fraction of sp³-hybridized carbons (Fsp3) is 0.323. The van der Waals surface area contributed by atoms with Crippen LogP contribution < -0.4 is 16.2 Å². The number of hydrogen-bond donors (Lipinski definition) is 0. The summed E-state index contributed by atoms with van der Waals surface area (Å²) in [5.41, 5.74) is 3.22. The third kappa shape index (κ3) is 4.32. The maximum absolute atomic E-state index is 13.1. The molecular weight excluding hydrogens is 626 g/mol. The molecular formula is C31H27Br2NO5. The van der Waals surface area contributed by atoms with Crippen molar-refractivity contribution >= 4 is 71.3 Å². The molecule has 0 bridgehead atoms. The second kappa shape index (κ2) is 9.03. The number of allylic oxidation sites excluding steroid dienone is 1. The molecule has 2 aliphatic heterocycles. The van der Waals surface area contributed by atoms with Crippen molar-refractivity contribution in [1.82, 2.24) is 0 Å². The number of nitrogens with zero attached hydrogens (tertiary/aromatic N) is 1. The maximum atomic E-state index is 13.1. The minimum absolute atomic E-state index is 0.0155. The van der Waals surface area contributed by atoms with Crippen LogP contribution in [0.1, 0.15) is 67.6 Å². The first-order valence-corrected chi connectivity index (χ1v) is 14.5. The number of ketones is 1. The summed E-state index contributed by atoms with van der Waals surface area (Å²) in [6.07, 6.45) is 4.66. The summed E-state index contributed by atoms with van der Waals surface area (Å²) in [5.74, 6) is -0.556. The summed E-state index contributed by atoms with van der Waals surface area (Å²) < 4.78 is 12.8. The van der Waals surface area contributed by atoms with Crippen LogP contribution in [0.25, 0.3) is 28.0 Å². The van der Waals surface area contributed by atoms with Gasteiger partial charge in [-0.25, -0.2) is 9.59 Å². The number of rotatable bonds is 3. The van der Waals surface area contributed by atoms with E-state index >= 15 is 0 Å². The Morgan fingerprint density at radius 2 is 1.54 bits per heavy atom. The van der Waals surface area contributed by atoms with Crippen molar-refractivity contribution in [3.05, 3.63) is 88.4 Å². The van der Waals surface area contributed by atoms with E-state index < -0.39 is 17.0 Å². The van der Waals surface area contributed by atoms with Crippen molar-refractivity contribution in [3.63, 3.8) is 0 Å². The highest BCUT2D eigenvalue weighted by Gasteiger charge is 2.41. The zero-order chi connectivity index (χ0) is 27.9. The second-order valence-electron chi connectivity index (χ2n) is 11.8. The van der Waals surface area contributed by atoms with Crippen LogP contribution in [-0.4, -0.2) is 18.9 Å². The van der Waals surface area contributed by atoms with Gasteiger partial charge in [0.15, 0.2) is 11.4 Å². The Balaban J connectivity index is 1.46. The fourth-order valence-corrected chi connectivity index (χ4v) is 7.21. The van der Waals surface area contributed by atoms with Gasteiger partial charge in [0.05, 0.1) is 10.0 Å². The van der Waals surface area contributed by atoms with E-state index in [0.29, 0.717) is 21.0 Å². The highest BCUT2D eigenvalue weighted by Crippen LogP contribution is 2.51. The summed E-state index contributed by atoms with van der Waals surface area (Å²) in [4.78, 5) is 41.2. The van der Waals surface area contributed by atoms with E-state index in [9.17, 15) is 14.4 Å². The molecule has 2 aromatic heterocycles. The topological polar surface area (TPSA) is 80.7 Å². The summed E-state index contributed by atoms with van der Waals surface area (Å²) in [6, 6.07) is 8.95. The average molecular weight is 653 g/mol. The second-order valence-corrected chi connectivity index (χ2v) is 13.5. The normalized spacial score (nSPS) is 17.6. The number of benzene rings is 2. The van der Waals surface area contributed by atoms with Gasteiger partial charge in [-0.15, -0.1) is 0 Å². The number of carbonyl (C=O) groups is 1. The van der Waals surface area contributed by atoms with Crippen LogP contribution in [0.15, 0.2) is 63.8 Å². The Bertz CT molecular complexity index is 1860. The molecule has 0 atom stereocenters. The van der Waals surface area contributed by atoms with Gasteiger partial charge in [0.25, 0.3) is 0 Å². The minimum atomic E-state index is -0.745. The highest BCUT2D eigenvalue weighted by molar-refractivity contribution is 9.11. The molecule has 0 spiro atoms. The van der Waals surface area contributed by atoms with Crippen LogP contribution >= 0.6 is 31.9 Å². The third-order valence-electron chi connectivity index (χ3n) is 8.19. The zero-order valence-corrected chi connectivity index (χ0v) is 25.3. The van der Waals surface area contributed by atoms with Crippen molar-refractivity contribution in [2.75, 3.05) is 18.0 Å². The molecule has 4 heterocycles. The van der Waals surface area contributed by atoms with Gasteiger partial charge in [-0.3, -0.25) is 4.79 Å². The molecule has 0 unspecified atom stereocenters. The first-order valence-electron chi connectivity index (χ1n) is 12.9. The van der Waals surface area contributed by atoms with Gasteiger partial charge < -0.3 is 13.7 Å². The van der Waals surface area contributed by atoms with Gasteiger partial charge in [-0.1, -0.05) is 43.6 Å². The first kappa shape index (κ1) is 26.3. The molecule has 2 aliphatic rings. The van der Waals surface area contributed by atoms with Gasteiger partial charge in [-0.2, -0.15) is 0 Å². The standard InChI is InChI=1S/C31H27Br2NO5/c1-30(2)7-9-34-10-8-31(3,4)24-25(34)21(30)14-17-11-16(28(36)39-27(17)24)5-6-23(35)20-13-18-12-19(32)15-22(33)26(18)38-29(20)37/h5-6,11-15H,7-10H2,1-4H3/b6-5+. The molecule has 0 amide bonds. The Morgan fingerprint density at radius 3 is 2.28 bits per heavy atom. The average Bonchev–Trinajstić information content (AvgIpc) is 2.85. The number of fused-ring (bicyclic) bond motifs is 3. The summed E-state index contributed by atoms with van der Waals surface area (Å²) in [6.45, 7) is 10.9. The van der Waals surface area contributed by atoms with Crippen molar-refractivity contribution in [1.29, 1.82) is 0 Å². The predicted molar refractivity (Wildman–Crippen MR) is 161 cm³/mol. The predicted octanol–water partition coefficient (Wildman–Crippen LogP) is 7.49. The Labute approximate surface area is 241 Å². The van der Waals surface area contributed by atoms with Crippen molar-refractivity contribution in [2.24, 2.45) is 0 Å². The lowest BCUT2D eigenvalue weighted by atomic mass is 9.69. The van der Waals surface area contributed by atoms with Crippen LogP contribution in [0.2, 0.25) is 0 Å². The van der Waals surface area contributed by atoms with Crippen LogP contribution in [0.3, 0.4) is 0 Å². The molecule has 0 radical (unpaired) electrons. The van der Waals surface area contributed by atoms with Crippen LogP contribution in [0, 0.1) is 0 Å². The smallest absolute Gasteiger partial charge is 0.347 e. The monoisotopic (exact) mass is 651 g/mol. The molecule has 0 saturated heterocycles.